The van der Waals surface area contributed by atoms with E-state index in [4.69, 9.17) is 15.0 Å². The van der Waals surface area contributed by atoms with E-state index in [-0.39, 0.29) is 18.6 Å². The predicted molar refractivity (Wildman–Crippen MR) is 82.4 cm³/mol. The number of halogens is 1. The zero-order valence-corrected chi connectivity index (χ0v) is 13.8. The summed E-state index contributed by atoms with van der Waals surface area (Å²) in [5.74, 6) is 0.117. The second-order valence-electron chi connectivity index (χ2n) is 5.37. The van der Waals surface area contributed by atoms with Crippen molar-refractivity contribution in [2.75, 3.05) is 13.7 Å². The van der Waals surface area contributed by atoms with Crippen molar-refractivity contribution in [3.63, 3.8) is 0 Å². The maximum atomic E-state index is 11.2. The molecule has 23 heavy (non-hydrogen) atoms. The van der Waals surface area contributed by atoms with Gasteiger partial charge in [-0.2, -0.15) is 0 Å². The van der Waals surface area contributed by atoms with E-state index in [9.17, 15) is 9.90 Å². The van der Waals surface area contributed by atoms with Crippen LogP contribution >= 0.6 is 15.9 Å². The Kier molecular flexibility index (Phi) is 4.34. The minimum absolute atomic E-state index is 0.234. The maximum Gasteiger partial charge on any atom is 0.343 e. The van der Waals surface area contributed by atoms with Gasteiger partial charge in [0.05, 0.1) is 25.2 Å². The molecule has 0 bridgehead atoms. The summed E-state index contributed by atoms with van der Waals surface area (Å²) < 4.78 is 16.6. The van der Waals surface area contributed by atoms with Gasteiger partial charge in [-0.1, -0.05) is 21.0 Å². The van der Waals surface area contributed by atoms with Crippen molar-refractivity contribution in [3.05, 3.63) is 32.6 Å². The summed E-state index contributed by atoms with van der Waals surface area (Å²) in [6, 6.07) is 3.02. The van der Waals surface area contributed by atoms with Crippen LogP contribution in [0.2, 0.25) is 0 Å². The number of aliphatic hydroxyl groups is 1. The lowest BCUT2D eigenvalue weighted by Crippen LogP contribution is -2.22. The van der Waals surface area contributed by atoms with Crippen molar-refractivity contribution < 1.29 is 24.1 Å². The fourth-order valence-electron chi connectivity index (χ4n) is 3.09. The summed E-state index contributed by atoms with van der Waals surface area (Å²) in [5, 5.41) is 14.0. The molecular formula is C14H14BrN3O5. The van der Waals surface area contributed by atoms with Crippen LogP contribution in [0.5, 0.6) is 11.5 Å². The average Bonchev–Trinajstić information content (AvgIpc) is 3.02. The molecule has 0 spiro atoms. The first-order valence-electron chi connectivity index (χ1n) is 6.97. The number of ether oxygens (including phenoxy) is 3. The lowest BCUT2D eigenvalue weighted by atomic mass is 9.95. The van der Waals surface area contributed by atoms with Gasteiger partial charge in [0.2, 0.25) is 0 Å². The van der Waals surface area contributed by atoms with Crippen molar-refractivity contribution in [2.24, 2.45) is 5.11 Å². The predicted octanol–water partition coefficient (Wildman–Crippen LogP) is 2.29. The largest absolute Gasteiger partial charge is 0.485 e. The third-order valence-electron chi connectivity index (χ3n) is 4.09. The Hall–Kier alpha value is -1.96. The highest BCUT2D eigenvalue weighted by Gasteiger charge is 2.50. The fourth-order valence-corrected chi connectivity index (χ4v) is 3.54. The lowest BCUT2D eigenvalue weighted by molar-refractivity contribution is -0.142. The zero-order chi connectivity index (χ0) is 16.6. The van der Waals surface area contributed by atoms with Gasteiger partial charge in [0.25, 0.3) is 0 Å². The SMILES string of the molecule is COC(=O)COc1cc(Br)cc2c1OC1CC(N=[N+]=[N-])C(O)C21. The molecule has 3 rings (SSSR count). The number of nitrogens with zero attached hydrogens (tertiary/aromatic N) is 3. The van der Waals surface area contributed by atoms with Crippen molar-refractivity contribution in [1.82, 2.24) is 0 Å². The summed E-state index contributed by atoms with van der Waals surface area (Å²) in [5.41, 5.74) is 9.34. The van der Waals surface area contributed by atoms with Crippen LogP contribution in [0.25, 0.3) is 10.4 Å². The number of fused-ring (bicyclic) bond motifs is 3. The van der Waals surface area contributed by atoms with Crippen LogP contribution in [0.15, 0.2) is 21.7 Å². The first-order valence-corrected chi connectivity index (χ1v) is 7.76. The highest BCUT2D eigenvalue weighted by Crippen LogP contribution is 2.52. The number of rotatable bonds is 4. The highest BCUT2D eigenvalue weighted by atomic mass is 79.9. The van der Waals surface area contributed by atoms with Crippen LogP contribution in [-0.4, -0.2) is 43.0 Å². The Balaban J connectivity index is 1.90. The molecule has 1 aromatic carbocycles. The Morgan fingerprint density at radius 2 is 2.39 bits per heavy atom. The molecule has 9 heteroatoms. The Morgan fingerprint density at radius 3 is 3.09 bits per heavy atom. The van der Waals surface area contributed by atoms with Gasteiger partial charge in [0.1, 0.15) is 6.10 Å². The Bertz CT molecular complexity index is 691. The standard InChI is InChI=1S/C14H14BrN3O5/c1-21-11(19)5-22-10-3-6(15)2-7-12-9(23-14(7)10)4-8(13(12)20)17-18-16/h2-3,8-9,12-13,20H,4-5H2,1H3. The Morgan fingerprint density at radius 1 is 1.61 bits per heavy atom. The number of carbonyl (C=O) groups is 1. The molecule has 1 aromatic rings. The molecule has 1 saturated carbocycles. The van der Waals surface area contributed by atoms with Gasteiger partial charge < -0.3 is 19.3 Å². The summed E-state index contributed by atoms with van der Waals surface area (Å²) in [6.07, 6.45) is -0.677. The highest BCUT2D eigenvalue weighted by molar-refractivity contribution is 9.10. The summed E-state index contributed by atoms with van der Waals surface area (Å²) >= 11 is 3.39. The third kappa shape index (κ3) is 2.83. The van der Waals surface area contributed by atoms with E-state index in [0.29, 0.717) is 17.9 Å². The summed E-state index contributed by atoms with van der Waals surface area (Å²) in [7, 11) is 1.28. The van der Waals surface area contributed by atoms with Gasteiger partial charge in [0, 0.05) is 14.9 Å². The molecule has 0 aromatic heterocycles. The average molecular weight is 384 g/mol. The molecule has 1 aliphatic carbocycles. The number of aliphatic hydroxyl groups excluding tert-OH is 1. The normalized spacial score (nSPS) is 27.4. The molecule has 1 aliphatic heterocycles. The van der Waals surface area contributed by atoms with Crippen LogP contribution in [0.4, 0.5) is 0 Å². The van der Waals surface area contributed by atoms with E-state index in [2.05, 4.69) is 30.7 Å². The van der Waals surface area contributed by atoms with Gasteiger partial charge >= 0.3 is 5.97 Å². The first-order chi connectivity index (χ1) is 11.0. The molecule has 4 atom stereocenters. The van der Waals surface area contributed by atoms with Gasteiger partial charge in [0.15, 0.2) is 18.1 Å². The number of hydrogen-bond donors (Lipinski definition) is 1. The van der Waals surface area contributed by atoms with Gasteiger partial charge in [-0.05, 0) is 24.1 Å². The summed E-state index contributed by atoms with van der Waals surface area (Å²) in [4.78, 5) is 14.0. The first kappa shape index (κ1) is 15.9. The molecular weight excluding hydrogens is 370 g/mol. The van der Waals surface area contributed by atoms with E-state index in [0.717, 1.165) is 10.0 Å². The Labute approximate surface area is 140 Å². The smallest absolute Gasteiger partial charge is 0.343 e. The van der Waals surface area contributed by atoms with Gasteiger partial charge in [-0.3, -0.25) is 0 Å². The molecule has 4 unspecified atom stereocenters. The molecule has 0 radical (unpaired) electrons. The number of carbonyl (C=O) groups excluding carboxylic acids is 1. The van der Waals surface area contributed by atoms with Gasteiger partial charge in [-0.25, -0.2) is 4.79 Å². The molecule has 1 fully saturated rings. The van der Waals surface area contributed by atoms with Crippen LogP contribution in [0.3, 0.4) is 0 Å². The molecule has 0 amide bonds. The van der Waals surface area contributed by atoms with Crippen LogP contribution in [0, 0.1) is 0 Å². The minimum Gasteiger partial charge on any atom is -0.485 e. The second kappa shape index (κ2) is 6.27. The van der Waals surface area contributed by atoms with Crippen molar-refractivity contribution >= 4 is 21.9 Å². The monoisotopic (exact) mass is 383 g/mol. The summed E-state index contributed by atoms with van der Waals surface area (Å²) in [6.45, 7) is -0.234. The quantitative estimate of drug-likeness (QED) is 0.370. The van der Waals surface area contributed by atoms with Crippen LogP contribution < -0.4 is 9.47 Å². The maximum absolute atomic E-state index is 11.2. The van der Waals surface area contributed by atoms with Crippen molar-refractivity contribution in [2.45, 2.75) is 30.6 Å². The molecule has 0 saturated heterocycles. The van der Waals surface area contributed by atoms with Crippen LogP contribution in [0.1, 0.15) is 17.9 Å². The minimum atomic E-state index is -0.820. The van der Waals surface area contributed by atoms with E-state index in [1.54, 1.807) is 6.07 Å². The molecule has 122 valence electrons. The van der Waals surface area contributed by atoms with Crippen LogP contribution in [-0.2, 0) is 9.53 Å². The van der Waals surface area contributed by atoms with E-state index < -0.39 is 18.1 Å². The number of hydrogen-bond acceptors (Lipinski definition) is 6. The van der Waals surface area contributed by atoms with E-state index in [1.807, 2.05) is 6.07 Å². The molecule has 1 N–H and O–H groups in total. The second-order valence-corrected chi connectivity index (χ2v) is 6.28. The third-order valence-corrected chi connectivity index (χ3v) is 4.54. The fraction of sp³-hybridized carbons (Fsp3) is 0.500. The zero-order valence-electron chi connectivity index (χ0n) is 12.2. The number of azide groups is 1. The number of benzene rings is 1. The molecule has 8 nitrogen and oxygen atoms in total. The molecule has 1 heterocycles. The molecule has 2 aliphatic rings. The van der Waals surface area contributed by atoms with Crippen molar-refractivity contribution in [3.8, 4) is 11.5 Å². The number of esters is 1. The van der Waals surface area contributed by atoms with Crippen molar-refractivity contribution in [1.29, 1.82) is 0 Å². The van der Waals surface area contributed by atoms with Gasteiger partial charge in [-0.15, -0.1) is 0 Å². The number of methoxy groups -OCH3 is 1. The van der Waals surface area contributed by atoms with E-state index in [1.165, 1.54) is 7.11 Å². The lowest BCUT2D eigenvalue weighted by Gasteiger charge is -2.16. The topological polar surface area (TPSA) is 114 Å². The van der Waals surface area contributed by atoms with E-state index >= 15 is 0 Å².